The molecule has 1 amide bonds. The number of nitrogens with zero attached hydrogens (tertiary/aromatic N) is 4. The third-order valence-electron chi connectivity index (χ3n) is 2.66. The average molecular weight is 253 g/mol. The van der Waals surface area contributed by atoms with E-state index in [-0.39, 0.29) is 11.7 Å². The number of oxime groups is 1. The molecule has 0 aliphatic heterocycles. The van der Waals surface area contributed by atoms with Crippen molar-refractivity contribution < 1.29 is 10.0 Å². The first kappa shape index (κ1) is 14.0. The normalized spacial score (nSPS) is 11.6. The van der Waals surface area contributed by atoms with Crippen LogP contribution in [-0.4, -0.2) is 44.7 Å². The largest absolute Gasteiger partial charge is 0.409 e. The lowest BCUT2D eigenvalue weighted by Crippen LogP contribution is -2.35. The van der Waals surface area contributed by atoms with Crippen molar-refractivity contribution in [3.8, 4) is 0 Å². The fraction of sp³-hybridized carbons (Fsp3) is 0.545. The number of aryl methyl sites for hydroxylation is 2. The summed E-state index contributed by atoms with van der Waals surface area (Å²) in [6.07, 6.45) is 0.340. The van der Waals surface area contributed by atoms with Crippen LogP contribution in [0.2, 0.25) is 0 Å². The van der Waals surface area contributed by atoms with E-state index in [1.807, 2.05) is 13.8 Å². The minimum Gasteiger partial charge on any atom is -0.409 e. The molecule has 0 saturated heterocycles. The Bertz CT molecular complexity index is 452. The molecule has 7 nitrogen and oxygen atoms in total. The molecule has 1 aromatic rings. The Morgan fingerprint density at radius 2 is 2.33 bits per heavy atom. The maximum Gasteiger partial charge on any atom is 0.272 e. The molecule has 7 heteroatoms. The third-order valence-corrected chi connectivity index (χ3v) is 2.66. The molecular formula is C11H19N5O2. The fourth-order valence-corrected chi connectivity index (χ4v) is 1.68. The summed E-state index contributed by atoms with van der Waals surface area (Å²) in [4.78, 5) is 13.9. The molecule has 1 rings (SSSR count). The van der Waals surface area contributed by atoms with Crippen LogP contribution in [0, 0.1) is 6.92 Å². The van der Waals surface area contributed by atoms with Crippen LogP contribution < -0.4 is 5.73 Å². The van der Waals surface area contributed by atoms with Crippen molar-refractivity contribution in [2.75, 3.05) is 13.1 Å². The lowest BCUT2D eigenvalue weighted by Gasteiger charge is -2.20. The van der Waals surface area contributed by atoms with Gasteiger partial charge in [-0.2, -0.15) is 5.10 Å². The Morgan fingerprint density at radius 3 is 2.78 bits per heavy atom. The molecule has 0 aliphatic carbocycles. The van der Waals surface area contributed by atoms with Gasteiger partial charge in [-0.05, 0) is 19.9 Å². The summed E-state index contributed by atoms with van der Waals surface area (Å²) in [6, 6.07) is 1.74. The van der Waals surface area contributed by atoms with E-state index in [1.54, 1.807) is 22.7 Å². The molecule has 0 aliphatic rings. The van der Waals surface area contributed by atoms with Gasteiger partial charge in [0.2, 0.25) is 0 Å². The lowest BCUT2D eigenvalue weighted by molar-refractivity contribution is 0.0757. The molecule has 1 heterocycles. The summed E-state index contributed by atoms with van der Waals surface area (Å²) in [5.41, 5.74) is 6.73. The number of amides is 1. The van der Waals surface area contributed by atoms with Crippen LogP contribution in [0.1, 0.15) is 29.5 Å². The topological polar surface area (TPSA) is 96.7 Å². The number of rotatable bonds is 5. The Morgan fingerprint density at radius 1 is 1.67 bits per heavy atom. The second-order valence-corrected chi connectivity index (χ2v) is 4.02. The van der Waals surface area contributed by atoms with Gasteiger partial charge in [0.05, 0.1) is 5.69 Å². The van der Waals surface area contributed by atoms with Crippen LogP contribution in [-0.2, 0) is 7.05 Å². The quantitative estimate of drug-likeness (QED) is 0.342. The van der Waals surface area contributed by atoms with Crippen LogP contribution in [0.5, 0.6) is 0 Å². The van der Waals surface area contributed by atoms with Gasteiger partial charge in [0, 0.05) is 26.6 Å². The van der Waals surface area contributed by atoms with Gasteiger partial charge in [0.25, 0.3) is 5.91 Å². The van der Waals surface area contributed by atoms with Crippen molar-refractivity contribution in [1.82, 2.24) is 14.7 Å². The van der Waals surface area contributed by atoms with E-state index < -0.39 is 0 Å². The summed E-state index contributed by atoms with van der Waals surface area (Å²) < 4.78 is 1.56. The van der Waals surface area contributed by atoms with Gasteiger partial charge in [-0.25, -0.2) is 0 Å². The van der Waals surface area contributed by atoms with Crippen LogP contribution in [0.3, 0.4) is 0 Å². The smallest absolute Gasteiger partial charge is 0.272 e. The van der Waals surface area contributed by atoms with Crippen LogP contribution in [0.15, 0.2) is 11.2 Å². The first-order chi connectivity index (χ1) is 8.49. The molecule has 0 bridgehead atoms. The fourth-order valence-electron chi connectivity index (χ4n) is 1.68. The van der Waals surface area contributed by atoms with E-state index >= 15 is 0 Å². The zero-order valence-corrected chi connectivity index (χ0v) is 10.9. The third kappa shape index (κ3) is 3.22. The van der Waals surface area contributed by atoms with Gasteiger partial charge < -0.3 is 15.8 Å². The van der Waals surface area contributed by atoms with Crippen LogP contribution >= 0.6 is 0 Å². The predicted octanol–water partition coefficient (Wildman–Crippen LogP) is 0.327. The Balaban J connectivity index is 2.76. The first-order valence-electron chi connectivity index (χ1n) is 5.75. The number of nitrogens with two attached hydrogens (primary N) is 1. The number of hydrogen-bond acceptors (Lipinski definition) is 4. The molecule has 0 aromatic carbocycles. The van der Waals surface area contributed by atoms with E-state index in [0.717, 1.165) is 5.69 Å². The van der Waals surface area contributed by atoms with E-state index in [0.29, 0.717) is 25.2 Å². The highest BCUT2D eigenvalue weighted by Gasteiger charge is 2.18. The van der Waals surface area contributed by atoms with Gasteiger partial charge in [0.1, 0.15) is 11.5 Å². The van der Waals surface area contributed by atoms with Gasteiger partial charge in [-0.3, -0.25) is 9.48 Å². The highest BCUT2D eigenvalue weighted by Crippen LogP contribution is 2.07. The van der Waals surface area contributed by atoms with Crippen molar-refractivity contribution >= 4 is 11.7 Å². The van der Waals surface area contributed by atoms with E-state index in [9.17, 15) is 4.79 Å². The first-order valence-corrected chi connectivity index (χ1v) is 5.75. The molecule has 0 saturated carbocycles. The van der Waals surface area contributed by atoms with Crippen LogP contribution in [0.4, 0.5) is 0 Å². The second kappa shape index (κ2) is 6.04. The minimum absolute atomic E-state index is 0.105. The highest BCUT2D eigenvalue weighted by molar-refractivity contribution is 5.93. The van der Waals surface area contributed by atoms with Crippen LogP contribution in [0.25, 0.3) is 0 Å². The number of carbonyl (C=O) groups excluding carboxylic acids is 1. The number of aromatic nitrogens is 2. The zero-order valence-electron chi connectivity index (χ0n) is 10.9. The van der Waals surface area contributed by atoms with Gasteiger partial charge in [-0.1, -0.05) is 5.16 Å². The second-order valence-electron chi connectivity index (χ2n) is 4.02. The summed E-state index contributed by atoms with van der Waals surface area (Å²) in [6.45, 7) is 4.69. The molecule has 18 heavy (non-hydrogen) atoms. The highest BCUT2D eigenvalue weighted by atomic mass is 16.4. The molecule has 0 atom stereocenters. The maximum atomic E-state index is 12.2. The molecule has 3 N–H and O–H groups in total. The number of amidine groups is 1. The van der Waals surface area contributed by atoms with Gasteiger partial charge >= 0.3 is 0 Å². The van der Waals surface area contributed by atoms with Crippen molar-refractivity contribution in [3.63, 3.8) is 0 Å². The molecule has 0 unspecified atom stereocenters. The zero-order chi connectivity index (χ0) is 13.7. The van der Waals surface area contributed by atoms with Gasteiger partial charge in [0.15, 0.2) is 0 Å². The number of carbonyl (C=O) groups is 1. The summed E-state index contributed by atoms with van der Waals surface area (Å²) >= 11 is 0. The molecule has 0 fully saturated rings. The van der Waals surface area contributed by atoms with Crippen molar-refractivity contribution in [1.29, 1.82) is 0 Å². The van der Waals surface area contributed by atoms with Gasteiger partial charge in [-0.15, -0.1) is 0 Å². The van der Waals surface area contributed by atoms with E-state index in [1.165, 1.54) is 0 Å². The van der Waals surface area contributed by atoms with Crippen molar-refractivity contribution in [3.05, 3.63) is 17.5 Å². The van der Waals surface area contributed by atoms with Crippen molar-refractivity contribution in [2.45, 2.75) is 20.3 Å². The standard InChI is InChI=1S/C11H19N5O2/c1-4-16(6-5-10(12)14-18)11(17)9-7-8(2)13-15(9)3/h7,18H,4-6H2,1-3H3,(H2,12,14). The molecule has 0 radical (unpaired) electrons. The summed E-state index contributed by atoms with van der Waals surface area (Å²) in [5, 5.41) is 15.5. The van der Waals surface area contributed by atoms with Crippen molar-refractivity contribution in [2.24, 2.45) is 17.9 Å². The Kier molecular flexibility index (Phi) is 4.70. The SMILES string of the molecule is CCN(CCC(N)=NO)C(=O)c1cc(C)nn1C. The molecule has 100 valence electrons. The Hall–Kier alpha value is -2.05. The Labute approximate surface area is 106 Å². The summed E-state index contributed by atoms with van der Waals surface area (Å²) in [5.74, 6) is 0.00813. The molecule has 0 spiro atoms. The number of hydrogen-bond donors (Lipinski definition) is 2. The average Bonchev–Trinajstić information content (AvgIpc) is 2.68. The van der Waals surface area contributed by atoms with E-state index in [4.69, 9.17) is 10.9 Å². The predicted molar refractivity (Wildman–Crippen MR) is 67.5 cm³/mol. The molecular weight excluding hydrogens is 234 g/mol. The van der Waals surface area contributed by atoms with E-state index in [2.05, 4.69) is 10.3 Å². The summed E-state index contributed by atoms with van der Waals surface area (Å²) in [7, 11) is 1.73. The lowest BCUT2D eigenvalue weighted by atomic mass is 10.3. The monoisotopic (exact) mass is 253 g/mol. The maximum absolute atomic E-state index is 12.2. The molecule has 1 aromatic heterocycles. The minimum atomic E-state index is -0.105.